The lowest BCUT2D eigenvalue weighted by Gasteiger charge is -2.38. The maximum Gasteiger partial charge on any atom is 0.273 e. The molecule has 5 nitrogen and oxygen atoms in total. The van der Waals surface area contributed by atoms with Crippen LogP contribution in [0.1, 0.15) is 35.4 Å². The summed E-state index contributed by atoms with van der Waals surface area (Å²) in [7, 11) is 0. The minimum Gasteiger partial charge on any atom is -0.327 e. The van der Waals surface area contributed by atoms with Crippen molar-refractivity contribution in [2.75, 3.05) is 0 Å². The van der Waals surface area contributed by atoms with Crippen LogP contribution in [-0.2, 0) is 0 Å². The van der Waals surface area contributed by atoms with Crippen LogP contribution < -0.4 is 0 Å². The predicted octanol–water partition coefficient (Wildman–Crippen LogP) is 3.33. The smallest absolute Gasteiger partial charge is 0.273 e. The molecule has 1 amide bonds. The number of fused-ring (bicyclic) bond motifs is 1. The maximum atomic E-state index is 13.4. The molecule has 0 saturated heterocycles. The fourth-order valence-corrected chi connectivity index (χ4v) is 3.33. The molecular formula is C19H22N4O. The highest BCUT2D eigenvalue weighted by Crippen LogP contribution is 2.26. The molecule has 0 fully saturated rings. The van der Waals surface area contributed by atoms with Gasteiger partial charge in [-0.15, -0.1) is 13.2 Å². The Hall–Kier alpha value is -2.69. The van der Waals surface area contributed by atoms with Crippen LogP contribution in [0.3, 0.4) is 0 Å². The topological polar surface area (TPSA) is 50.5 Å². The van der Waals surface area contributed by atoms with E-state index in [2.05, 4.69) is 35.3 Å². The standard InChI is InChI=1S/C19H22N4O/c1-4-8-15-10-6-11-16(9-5-2)23(15)18(24)17-14(3)21-19-20-12-7-13-22(17)19/h4-7,10,12-13,15-16H,1-2,8-9,11H2,3H3/t15-,16-/m0/s1. The van der Waals surface area contributed by atoms with Crippen LogP contribution in [0.5, 0.6) is 0 Å². The second-order valence-corrected chi connectivity index (χ2v) is 5.98. The molecule has 2 atom stereocenters. The molecule has 124 valence electrons. The average molecular weight is 322 g/mol. The summed E-state index contributed by atoms with van der Waals surface area (Å²) in [6.45, 7) is 9.52. The van der Waals surface area contributed by atoms with E-state index in [4.69, 9.17) is 0 Å². The van der Waals surface area contributed by atoms with Crippen LogP contribution in [0.25, 0.3) is 5.78 Å². The zero-order valence-electron chi connectivity index (χ0n) is 13.9. The molecule has 0 spiro atoms. The van der Waals surface area contributed by atoms with E-state index in [1.54, 1.807) is 10.6 Å². The van der Waals surface area contributed by atoms with Crippen LogP contribution in [-0.4, -0.2) is 37.3 Å². The van der Waals surface area contributed by atoms with E-state index in [0.717, 1.165) is 19.3 Å². The van der Waals surface area contributed by atoms with Gasteiger partial charge in [0.1, 0.15) is 5.69 Å². The molecule has 0 N–H and O–H groups in total. The van der Waals surface area contributed by atoms with E-state index < -0.39 is 0 Å². The quantitative estimate of drug-likeness (QED) is 0.793. The molecule has 0 radical (unpaired) electrons. The number of rotatable bonds is 5. The number of imidazole rings is 1. The lowest BCUT2D eigenvalue weighted by Crippen LogP contribution is -2.48. The summed E-state index contributed by atoms with van der Waals surface area (Å²) in [6, 6.07) is 1.92. The van der Waals surface area contributed by atoms with Crippen LogP contribution in [0.2, 0.25) is 0 Å². The van der Waals surface area contributed by atoms with Gasteiger partial charge in [0.25, 0.3) is 5.91 Å². The van der Waals surface area contributed by atoms with Gasteiger partial charge in [0.2, 0.25) is 5.78 Å². The zero-order valence-corrected chi connectivity index (χ0v) is 13.9. The molecule has 2 aromatic heterocycles. The molecule has 2 aromatic rings. The number of hydrogen-bond donors (Lipinski definition) is 0. The van der Waals surface area contributed by atoms with Gasteiger partial charge in [-0.3, -0.25) is 9.20 Å². The average Bonchev–Trinajstić information content (AvgIpc) is 2.91. The van der Waals surface area contributed by atoms with Crippen molar-refractivity contribution in [3.63, 3.8) is 0 Å². The highest BCUT2D eigenvalue weighted by molar-refractivity contribution is 5.95. The summed E-state index contributed by atoms with van der Waals surface area (Å²) in [5, 5.41) is 0. The minimum absolute atomic E-state index is 0.00956. The molecule has 24 heavy (non-hydrogen) atoms. The first-order chi connectivity index (χ1) is 11.7. The number of aryl methyl sites for hydroxylation is 1. The molecule has 5 heteroatoms. The number of hydrogen-bond acceptors (Lipinski definition) is 3. The van der Waals surface area contributed by atoms with Crippen molar-refractivity contribution in [3.05, 3.63) is 67.3 Å². The molecule has 0 aromatic carbocycles. The Morgan fingerprint density at radius 3 is 2.92 bits per heavy atom. The molecule has 3 heterocycles. The Bertz CT molecular complexity index is 805. The second-order valence-electron chi connectivity index (χ2n) is 5.98. The van der Waals surface area contributed by atoms with E-state index in [1.165, 1.54) is 0 Å². The number of aromatic nitrogens is 3. The first kappa shape index (κ1) is 16.2. The summed E-state index contributed by atoms with van der Waals surface area (Å²) < 4.78 is 1.77. The van der Waals surface area contributed by atoms with Gasteiger partial charge in [-0.05, 0) is 32.3 Å². The Morgan fingerprint density at radius 2 is 2.17 bits per heavy atom. The second kappa shape index (κ2) is 6.83. The molecular weight excluding hydrogens is 300 g/mol. The van der Waals surface area contributed by atoms with E-state index in [-0.39, 0.29) is 18.0 Å². The third-order valence-corrected chi connectivity index (χ3v) is 4.38. The van der Waals surface area contributed by atoms with Crippen molar-refractivity contribution < 1.29 is 4.79 Å². The molecule has 1 aliphatic heterocycles. The predicted molar refractivity (Wildman–Crippen MR) is 94.9 cm³/mol. The van der Waals surface area contributed by atoms with Crippen molar-refractivity contribution in [2.24, 2.45) is 0 Å². The van der Waals surface area contributed by atoms with Gasteiger partial charge in [0.15, 0.2) is 0 Å². The van der Waals surface area contributed by atoms with E-state index in [1.807, 2.05) is 36.2 Å². The van der Waals surface area contributed by atoms with Crippen LogP contribution in [0.4, 0.5) is 0 Å². The van der Waals surface area contributed by atoms with Crippen LogP contribution in [0, 0.1) is 6.92 Å². The van der Waals surface area contributed by atoms with Gasteiger partial charge in [0, 0.05) is 18.4 Å². The van der Waals surface area contributed by atoms with Crippen molar-refractivity contribution in [1.29, 1.82) is 0 Å². The van der Waals surface area contributed by atoms with E-state index in [9.17, 15) is 4.79 Å². The van der Waals surface area contributed by atoms with Crippen LogP contribution in [0.15, 0.2) is 55.9 Å². The normalized spacial score (nSPS) is 20.3. The Balaban J connectivity index is 2.06. The van der Waals surface area contributed by atoms with Crippen molar-refractivity contribution in [1.82, 2.24) is 19.3 Å². The van der Waals surface area contributed by atoms with Crippen molar-refractivity contribution >= 4 is 11.7 Å². The Kier molecular flexibility index (Phi) is 4.60. The third kappa shape index (κ3) is 2.77. The highest BCUT2D eigenvalue weighted by atomic mass is 16.2. The van der Waals surface area contributed by atoms with Gasteiger partial charge < -0.3 is 4.90 Å². The van der Waals surface area contributed by atoms with E-state index in [0.29, 0.717) is 17.2 Å². The number of nitrogens with zero attached hydrogens (tertiary/aromatic N) is 4. The van der Waals surface area contributed by atoms with Gasteiger partial charge in [-0.1, -0.05) is 24.3 Å². The summed E-state index contributed by atoms with van der Waals surface area (Å²) in [6.07, 6.45) is 13.8. The Labute approximate surface area is 142 Å². The van der Waals surface area contributed by atoms with Crippen molar-refractivity contribution in [3.8, 4) is 0 Å². The Morgan fingerprint density at radius 1 is 1.38 bits per heavy atom. The zero-order chi connectivity index (χ0) is 17.1. The minimum atomic E-state index is -0.0175. The molecule has 3 rings (SSSR count). The maximum absolute atomic E-state index is 13.4. The fourth-order valence-electron chi connectivity index (χ4n) is 3.33. The highest BCUT2D eigenvalue weighted by Gasteiger charge is 2.33. The fraction of sp³-hybridized carbons (Fsp3) is 0.316. The molecule has 1 aliphatic rings. The largest absolute Gasteiger partial charge is 0.327 e. The number of amides is 1. The SMILES string of the molecule is C=CC[C@H]1CC=C[C@H](CC=C)N1C(=O)c1c(C)nc2ncccn12. The molecule has 0 aliphatic carbocycles. The van der Waals surface area contributed by atoms with E-state index >= 15 is 0 Å². The lowest BCUT2D eigenvalue weighted by molar-refractivity contribution is 0.0599. The first-order valence-corrected chi connectivity index (χ1v) is 8.18. The van der Waals surface area contributed by atoms with Crippen molar-refractivity contribution in [2.45, 2.75) is 38.3 Å². The third-order valence-electron chi connectivity index (χ3n) is 4.38. The molecule has 0 bridgehead atoms. The summed E-state index contributed by atoms with van der Waals surface area (Å²) in [5.74, 6) is 0.530. The van der Waals surface area contributed by atoms with Crippen LogP contribution >= 0.6 is 0 Å². The van der Waals surface area contributed by atoms with Gasteiger partial charge in [-0.2, -0.15) is 0 Å². The molecule has 0 saturated carbocycles. The summed E-state index contributed by atoms with van der Waals surface area (Å²) in [4.78, 5) is 24.0. The van der Waals surface area contributed by atoms with Gasteiger partial charge >= 0.3 is 0 Å². The summed E-state index contributed by atoms with van der Waals surface area (Å²) in [5.41, 5.74) is 1.28. The number of carbonyl (C=O) groups excluding carboxylic acids is 1. The van der Waals surface area contributed by atoms with Gasteiger partial charge in [-0.25, -0.2) is 9.97 Å². The molecule has 0 unspecified atom stereocenters. The lowest BCUT2D eigenvalue weighted by atomic mass is 9.97. The van der Waals surface area contributed by atoms with Gasteiger partial charge in [0.05, 0.1) is 11.7 Å². The first-order valence-electron chi connectivity index (χ1n) is 8.18. The summed E-state index contributed by atoms with van der Waals surface area (Å²) >= 11 is 0. The monoisotopic (exact) mass is 322 g/mol. The number of carbonyl (C=O) groups is 1.